The summed E-state index contributed by atoms with van der Waals surface area (Å²) in [6.07, 6.45) is 31.9. The molecule has 3 N–H and O–H groups in total. The second-order valence-corrected chi connectivity index (χ2v) is 15.4. The predicted molar refractivity (Wildman–Crippen MR) is 194 cm³/mol. The van der Waals surface area contributed by atoms with Crippen molar-refractivity contribution in [3.63, 3.8) is 0 Å². The van der Waals surface area contributed by atoms with Gasteiger partial charge in [-0.1, -0.05) is 134 Å². The van der Waals surface area contributed by atoms with Gasteiger partial charge in [0.15, 0.2) is 0 Å². The molecule has 0 aliphatic rings. The second-order valence-electron chi connectivity index (χ2n) is 14.0. The smallest absolute Gasteiger partial charge is 0.391 e. The summed E-state index contributed by atoms with van der Waals surface area (Å²) in [4.78, 5) is 23.0. The van der Waals surface area contributed by atoms with Gasteiger partial charge in [0.25, 0.3) is 0 Å². The third-order valence-electron chi connectivity index (χ3n) is 8.20. The van der Waals surface area contributed by atoms with Gasteiger partial charge in [0.2, 0.25) is 5.91 Å². The topological polar surface area (TPSA) is 105 Å². The quantitative estimate of drug-likeness (QED) is 0.0278. The first kappa shape index (κ1) is 45.0. The van der Waals surface area contributed by atoms with Gasteiger partial charge in [0, 0.05) is 6.42 Å². The zero-order valence-corrected chi connectivity index (χ0v) is 31.5. The second kappa shape index (κ2) is 30.1. The molecule has 1 amide bonds. The molecule has 46 heavy (non-hydrogen) atoms. The summed E-state index contributed by atoms with van der Waals surface area (Å²) in [7, 11) is 1.60. The Bertz CT molecular complexity index is 814. The van der Waals surface area contributed by atoms with Crippen molar-refractivity contribution in [2.45, 2.75) is 167 Å². The molecule has 272 valence electrons. The average Bonchev–Trinajstić information content (AvgIpc) is 2.99. The van der Waals surface area contributed by atoms with Crippen molar-refractivity contribution in [1.29, 1.82) is 0 Å². The minimum Gasteiger partial charge on any atom is -0.391 e. The van der Waals surface area contributed by atoms with Gasteiger partial charge in [-0.3, -0.25) is 13.8 Å². The van der Waals surface area contributed by atoms with Crippen LogP contribution in [0, 0.1) is 0 Å². The van der Waals surface area contributed by atoms with E-state index in [0.29, 0.717) is 23.9 Å². The van der Waals surface area contributed by atoms with Crippen molar-refractivity contribution in [3.05, 3.63) is 24.3 Å². The molecule has 9 heteroatoms. The van der Waals surface area contributed by atoms with Crippen LogP contribution in [0.15, 0.2) is 24.3 Å². The van der Waals surface area contributed by atoms with Crippen molar-refractivity contribution in [2.75, 3.05) is 40.9 Å². The van der Waals surface area contributed by atoms with Gasteiger partial charge in [-0.15, -0.1) is 0 Å². The van der Waals surface area contributed by atoms with Crippen molar-refractivity contribution in [1.82, 2.24) is 5.32 Å². The summed E-state index contributed by atoms with van der Waals surface area (Å²) in [5.41, 5.74) is 0. The number of hydrogen-bond acceptors (Lipinski definition) is 5. The number of unbranched alkanes of at least 4 members (excludes halogenated alkanes) is 16. The predicted octanol–water partition coefficient (Wildman–Crippen LogP) is 9.41. The molecule has 0 aromatic heterocycles. The summed E-state index contributed by atoms with van der Waals surface area (Å²) in [5.74, 6) is -0.163. The number of hydrogen-bond donors (Lipinski definition) is 3. The molecule has 0 aromatic rings. The zero-order valence-electron chi connectivity index (χ0n) is 30.6. The number of carbonyl (C=O) groups is 1. The van der Waals surface area contributed by atoms with E-state index in [1.54, 1.807) is 0 Å². The fourth-order valence-electron chi connectivity index (χ4n) is 5.12. The third-order valence-corrected chi connectivity index (χ3v) is 9.19. The molecule has 0 saturated heterocycles. The molecule has 0 aliphatic heterocycles. The number of nitrogens with zero attached hydrogens (tertiary/aromatic N) is 1. The third kappa shape index (κ3) is 31.6. The lowest BCUT2D eigenvalue weighted by Crippen LogP contribution is -2.46. The van der Waals surface area contributed by atoms with Crippen LogP contribution in [-0.4, -0.2) is 73.4 Å². The molecule has 0 saturated carbocycles. The number of quaternary nitrogens is 1. The van der Waals surface area contributed by atoms with Gasteiger partial charge in [0.05, 0.1) is 39.9 Å². The summed E-state index contributed by atoms with van der Waals surface area (Å²) in [6.45, 7) is 4.79. The van der Waals surface area contributed by atoms with E-state index in [4.69, 9.17) is 9.05 Å². The monoisotopic (exact) mass is 674 g/mol. The minimum absolute atomic E-state index is 0.0716. The van der Waals surface area contributed by atoms with Gasteiger partial charge in [-0.2, -0.15) is 0 Å². The van der Waals surface area contributed by atoms with Gasteiger partial charge >= 0.3 is 7.82 Å². The highest BCUT2D eigenvalue weighted by molar-refractivity contribution is 7.47. The number of likely N-dealkylation sites (N-methyl/N-ethyl adjacent to an activating group) is 1. The van der Waals surface area contributed by atoms with Gasteiger partial charge in [-0.05, 0) is 38.5 Å². The average molecular weight is 674 g/mol. The Morgan fingerprint density at radius 2 is 1.26 bits per heavy atom. The first-order chi connectivity index (χ1) is 22.0. The lowest BCUT2D eigenvalue weighted by Gasteiger charge is -2.26. The number of allylic oxidation sites excluding steroid dienone is 4. The Hall–Kier alpha value is -1.02. The summed E-state index contributed by atoms with van der Waals surface area (Å²) in [5, 5.41) is 13.8. The van der Waals surface area contributed by atoms with Crippen molar-refractivity contribution in [2.24, 2.45) is 0 Å². The van der Waals surface area contributed by atoms with E-state index in [-0.39, 0.29) is 19.1 Å². The number of aliphatic hydroxyl groups is 1. The van der Waals surface area contributed by atoms with E-state index >= 15 is 0 Å². The van der Waals surface area contributed by atoms with Crippen LogP contribution in [0.5, 0.6) is 0 Å². The number of phosphoric ester groups is 1. The van der Waals surface area contributed by atoms with Gasteiger partial charge in [-0.25, -0.2) is 4.57 Å². The van der Waals surface area contributed by atoms with Crippen LogP contribution in [0.25, 0.3) is 0 Å². The van der Waals surface area contributed by atoms with E-state index < -0.39 is 20.0 Å². The fraction of sp³-hybridized carbons (Fsp3) is 0.865. The maximum Gasteiger partial charge on any atom is 0.472 e. The SMILES string of the molecule is CCCC/C=C\C/C=C\CCCCCCCC(=O)NC(COP(=O)(O)OCC[N+](C)(C)C)C(O)CCCCCCCCCCCC. The normalized spacial score (nSPS) is 15.0. The first-order valence-corrected chi connectivity index (χ1v) is 20.2. The van der Waals surface area contributed by atoms with E-state index in [9.17, 15) is 19.4 Å². The van der Waals surface area contributed by atoms with Crippen LogP contribution in [0.1, 0.15) is 155 Å². The highest BCUT2D eigenvalue weighted by Gasteiger charge is 2.28. The first-order valence-electron chi connectivity index (χ1n) is 18.7. The van der Waals surface area contributed by atoms with Crippen LogP contribution in [-0.2, 0) is 18.4 Å². The standard InChI is InChI=1S/C37H73N2O6P/c1-6-8-10-12-14-16-18-19-20-21-23-25-27-29-31-37(41)38-35(34-45-46(42,43)44-33-32-39(3,4)5)36(40)30-28-26-24-22-17-15-13-11-9-7-2/h12,14,18-19,35-36,40H,6-11,13,15-17,20-34H2,1-5H3,(H-,38,41,42,43)/p+1/b14-12-,19-18-. The fourth-order valence-corrected chi connectivity index (χ4v) is 5.85. The lowest BCUT2D eigenvalue weighted by molar-refractivity contribution is -0.870. The number of amides is 1. The van der Waals surface area contributed by atoms with Crippen LogP contribution < -0.4 is 5.32 Å². The summed E-state index contributed by atoms with van der Waals surface area (Å²) >= 11 is 0. The molecule has 8 nitrogen and oxygen atoms in total. The van der Waals surface area contributed by atoms with Gasteiger partial charge < -0.3 is 19.8 Å². The molecule has 3 atom stereocenters. The molecule has 0 radical (unpaired) electrons. The number of aliphatic hydroxyl groups excluding tert-OH is 1. The van der Waals surface area contributed by atoms with Crippen LogP contribution >= 0.6 is 7.82 Å². The molecule has 0 fully saturated rings. The van der Waals surface area contributed by atoms with E-state index in [1.807, 2.05) is 21.1 Å². The summed E-state index contributed by atoms with van der Waals surface area (Å²) in [6, 6.07) is -0.762. The van der Waals surface area contributed by atoms with E-state index in [1.165, 1.54) is 64.2 Å². The Morgan fingerprint density at radius 1 is 0.739 bits per heavy atom. The molecule has 3 unspecified atom stereocenters. The van der Waals surface area contributed by atoms with Crippen LogP contribution in [0.2, 0.25) is 0 Å². The Morgan fingerprint density at radius 3 is 1.85 bits per heavy atom. The number of carbonyl (C=O) groups excluding carboxylic acids is 1. The van der Waals surface area contributed by atoms with Crippen molar-refractivity contribution in [3.8, 4) is 0 Å². The molecule has 0 bridgehead atoms. The van der Waals surface area contributed by atoms with Crippen LogP contribution in [0.3, 0.4) is 0 Å². The maximum atomic E-state index is 12.8. The number of phosphoric acid groups is 1. The zero-order chi connectivity index (χ0) is 34.4. The highest BCUT2D eigenvalue weighted by Crippen LogP contribution is 2.43. The van der Waals surface area contributed by atoms with Gasteiger partial charge in [0.1, 0.15) is 13.2 Å². The Balaban J connectivity index is 4.50. The largest absolute Gasteiger partial charge is 0.472 e. The molecule has 0 rings (SSSR count). The highest BCUT2D eigenvalue weighted by atomic mass is 31.2. The lowest BCUT2D eigenvalue weighted by atomic mass is 10.0. The van der Waals surface area contributed by atoms with E-state index in [2.05, 4.69) is 43.5 Å². The van der Waals surface area contributed by atoms with Crippen molar-refractivity contribution < 1.29 is 32.9 Å². The molecule has 0 aliphatic carbocycles. The Kier molecular flexibility index (Phi) is 29.4. The Labute approximate surface area is 284 Å². The molecular formula is C37H74N2O6P+. The molecular weight excluding hydrogens is 599 g/mol. The number of nitrogens with one attached hydrogen (secondary N) is 1. The molecule has 0 heterocycles. The minimum atomic E-state index is -4.30. The van der Waals surface area contributed by atoms with Crippen molar-refractivity contribution >= 4 is 13.7 Å². The molecule has 0 spiro atoms. The number of rotatable bonds is 33. The summed E-state index contributed by atoms with van der Waals surface area (Å²) < 4.78 is 23.5. The van der Waals surface area contributed by atoms with E-state index in [0.717, 1.165) is 64.2 Å². The maximum absolute atomic E-state index is 12.8. The van der Waals surface area contributed by atoms with Crippen LogP contribution in [0.4, 0.5) is 0 Å². The molecule has 0 aromatic carbocycles.